The minimum Gasteiger partial charge on any atom is -0.508 e. The molecule has 2 unspecified atom stereocenters. The van der Waals surface area contributed by atoms with Crippen LogP contribution >= 0.6 is 12.2 Å². The summed E-state index contributed by atoms with van der Waals surface area (Å²) in [6.45, 7) is 0.0809. The topological polar surface area (TPSA) is 334 Å². The number of aliphatic imine (C=N–C) groups is 1. The molecule has 23 heteroatoms. The van der Waals surface area contributed by atoms with E-state index >= 15 is 0 Å². The van der Waals surface area contributed by atoms with Crippen molar-refractivity contribution in [2.45, 2.75) is 80.3 Å². The van der Waals surface area contributed by atoms with Crippen molar-refractivity contribution in [1.82, 2.24) is 25.6 Å². The van der Waals surface area contributed by atoms with Crippen LogP contribution in [0.5, 0.6) is 11.5 Å². The number of carboxylic acids is 2. The molecule has 6 rings (SSSR count). The predicted molar refractivity (Wildman–Crippen MR) is 260 cm³/mol. The molecule has 0 radical (unpaired) electrons. The van der Waals surface area contributed by atoms with Gasteiger partial charge in [-0.05, 0) is 99.1 Å². The van der Waals surface area contributed by atoms with Crippen molar-refractivity contribution >= 4 is 74.4 Å². The van der Waals surface area contributed by atoms with Crippen molar-refractivity contribution in [2.24, 2.45) is 22.4 Å². The largest absolute Gasteiger partial charge is 0.508 e. The van der Waals surface area contributed by atoms with Crippen LogP contribution in [0.3, 0.4) is 0 Å². The molecular weight excluding hydrogens is 947 g/mol. The van der Waals surface area contributed by atoms with Crippen LogP contribution in [0.15, 0.2) is 101 Å². The maximum atomic E-state index is 13.6. The van der Waals surface area contributed by atoms with Crippen LogP contribution in [-0.2, 0) is 34.0 Å². The summed E-state index contributed by atoms with van der Waals surface area (Å²) in [7, 11) is -4.06. The fourth-order valence-corrected chi connectivity index (χ4v) is 10.3. The van der Waals surface area contributed by atoms with E-state index in [1.165, 1.54) is 42.5 Å². The van der Waals surface area contributed by atoms with Gasteiger partial charge in [-0.2, -0.15) is 4.31 Å². The summed E-state index contributed by atoms with van der Waals surface area (Å²) in [4.78, 5) is 81.1. The van der Waals surface area contributed by atoms with Crippen molar-refractivity contribution in [3.63, 3.8) is 0 Å². The second kappa shape index (κ2) is 23.8. The first-order chi connectivity index (χ1) is 33.4. The number of sulfonamides is 1. The molecule has 21 nitrogen and oxygen atoms in total. The molecule has 1 saturated heterocycles. The number of aromatic carboxylic acids is 1. The number of hydrogen-bond donors (Lipinski definition) is 10. The number of carbonyl (C=O) groups excluding carboxylic acids is 4. The second-order valence-corrected chi connectivity index (χ2v) is 19.0. The highest BCUT2D eigenvalue weighted by molar-refractivity contribution is 7.89. The third kappa shape index (κ3) is 13.4. The third-order valence-corrected chi connectivity index (χ3v) is 14.0. The van der Waals surface area contributed by atoms with Crippen molar-refractivity contribution in [2.75, 3.05) is 31.5 Å². The highest BCUT2D eigenvalue weighted by Crippen LogP contribution is 2.49. The van der Waals surface area contributed by atoms with Gasteiger partial charge in [-0.25, -0.2) is 18.0 Å². The number of ether oxygens (including phenoxy) is 1. The van der Waals surface area contributed by atoms with Gasteiger partial charge in [-0.15, -0.1) is 0 Å². The van der Waals surface area contributed by atoms with E-state index in [1.54, 1.807) is 42.5 Å². The number of rotatable bonds is 22. The number of allylic oxidation sites excluding steroid dienone is 3. The van der Waals surface area contributed by atoms with E-state index in [9.17, 15) is 52.5 Å². The lowest BCUT2D eigenvalue weighted by Gasteiger charge is -2.35. The van der Waals surface area contributed by atoms with Gasteiger partial charge in [0, 0.05) is 67.8 Å². The zero-order valence-electron chi connectivity index (χ0n) is 37.8. The Hall–Kier alpha value is -7.37. The number of nitrogens with zero attached hydrogens (tertiary/aromatic N) is 2. The van der Waals surface area contributed by atoms with E-state index in [2.05, 4.69) is 31.6 Å². The van der Waals surface area contributed by atoms with Crippen molar-refractivity contribution in [3.8, 4) is 11.5 Å². The number of thiocarbonyl (C=S) groups is 1. The monoisotopic (exact) mass is 1000 g/mol. The van der Waals surface area contributed by atoms with Gasteiger partial charge in [0.05, 0.1) is 10.5 Å². The Morgan fingerprint density at radius 1 is 0.914 bits per heavy atom. The number of unbranched alkanes of at least 4 members (excludes halogenated alkanes) is 2. The van der Waals surface area contributed by atoms with Crippen LogP contribution in [0.4, 0.5) is 5.69 Å². The number of phenolic OH excluding ortho intramolecular Hbond substituents is 1. The summed E-state index contributed by atoms with van der Waals surface area (Å²) < 4.78 is 33.7. The smallest absolute Gasteiger partial charge is 0.336 e. The van der Waals surface area contributed by atoms with Gasteiger partial charge in [0.25, 0.3) is 0 Å². The number of fused-ring (bicyclic) bond motifs is 2. The Labute approximate surface area is 408 Å². The molecule has 2 aliphatic heterocycles. The molecule has 0 spiro atoms. The lowest BCUT2D eigenvalue weighted by Crippen LogP contribution is -2.55. The van der Waals surface area contributed by atoms with E-state index in [-0.39, 0.29) is 58.9 Å². The molecule has 0 bridgehead atoms. The Morgan fingerprint density at radius 3 is 2.40 bits per heavy atom. The van der Waals surface area contributed by atoms with Crippen LogP contribution in [0.1, 0.15) is 78.8 Å². The van der Waals surface area contributed by atoms with Gasteiger partial charge in [0.15, 0.2) is 16.9 Å². The molecule has 0 saturated carbocycles. The number of nitrogens with two attached hydrogens (primary N) is 2. The van der Waals surface area contributed by atoms with Crippen molar-refractivity contribution in [3.05, 3.63) is 107 Å². The summed E-state index contributed by atoms with van der Waals surface area (Å²) >= 11 is 5.51. The Balaban J connectivity index is 1.05. The van der Waals surface area contributed by atoms with Gasteiger partial charge < -0.3 is 58.1 Å². The Kier molecular flexibility index (Phi) is 17.7. The zero-order valence-corrected chi connectivity index (χ0v) is 39.5. The van der Waals surface area contributed by atoms with E-state index in [0.29, 0.717) is 73.5 Å². The number of benzene rings is 3. The van der Waals surface area contributed by atoms with Gasteiger partial charge in [-0.1, -0.05) is 36.4 Å². The van der Waals surface area contributed by atoms with Crippen molar-refractivity contribution in [1.29, 1.82) is 0 Å². The molecule has 1 aliphatic carbocycles. The van der Waals surface area contributed by atoms with Gasteiger partial charge >= 0.3 is 11.9 Å². The third-order valence-electron chi connectivity index (χ3n) is 11.8. The van der Waals surface area contributed by atoms with E-state index in [4.69, 9.17) is 28.4 Å². The molecular formula is C47H55N9O12S2. The molecule has 3 aromatic carbocycles. The van der Waals surface area contributed by atoms with E-state index in [0.717, 1.165) is 4.31 Å². The fraction of sp³-hybridized carbons (Fsp3) is 0.362. The number of anilines is 1. The number of nitrogens with one attached hydrogen (secondary N) is 5. The summed E-state index contributed by atoms with van der Waals surface area (Å²) in [6, 6.07) is 13.0. The molecule has 3 aliphatic rings. The minimum absolute atomic E-state index is 0.00968. The first-order valence-electron chi connectivity index (χ1n) is 22.5. The average molecular weight is 1000 g/mol. The normalized spacial score (nSPS) is 18.1. The predicted octanol–water partition coefficient (Wildman–Crippen LogP) is 2.18. The van der Waals surface area contributed by atoms with Crippen LogP contribution in [0.2, 0.25) is 0 Å². The molecule has 70 heavy (non-hydrogen) atoms. The van der Waals surface area contributed by atoms with Crippen LogP contribution in [0, 0.1) is 5.92 Å². The number of hydrogen-bond acceptors (Lipinski definition) is 12. The minimum atomic E-state index is -4.06. The number of guanidine groups is 1. The first kappa shape index (κ1) is 52.0. The van der Waals surface area contributed by atoms with E-state index < -0.39 is 76.2 Å². The average Bonchev–Trinajstić information content (AvgIpc) is 3.83. The fourth-order valence-electron chi connectivity index (χ4n) is 8.39. The molecule has 3 aromatic rings. The molecule has 5 atom stereocenters. The van der Waals surface area contributed by atoms with Crippen LogP contribution in [-0.4, -0.2) is 119 Å². The second-order valence-electron chi connectivity index (χ2n) is 16.7. The van der Waals surface area contributed by atoms with E-state index in [1.807, 2.05) is 0 Å². The number of aromatic hydroxyl groups is 1. The molecule has 0 aromatic heterocycles. The standard InChI is InChI=1S/C47H55N9O12S2/c48-46(49)50-20-7-5-13-40(59)54-35(42(60)52-26-36(45(64)65)55-43(61)37-12-8-22-56(37)70(66,67)30-9-2-1-3-10-30)11-4-6-21-51-47(69)53-27-14-17-31(34(23-27)44(62)63)41-32-18-15-28(57)24-38(32)68-39-25-29(58)16-19-33(39)41/h1-3,9-10,14-19,23-25,32,35-37,41,58H,4-8,11-13,20-22,26H2,(H,52,60)(H,54,59)(H,55,61)(H,62,63)(H,64,65)(H4,48,49,50)(H2,51,53,69)/t32?,35-,36-,37+,41?/m1/s1. The lowest BCUT2D eigenvalue weighted by molar-refractivity contribution is -0.142. The van der Waals surface area contributed by atoms with Crippen LogP contribution < -0.4 is 42.8 Å². The quantitative estimate of drug-likeness (QED) is 0.0298. The number of ketones is 1. The SMILES string of the molecule is NC(N)=NCCCCC(=O)N[C@H](CCCCNC(=S)Nc1ccc(C2c3ccc(O)cc3OC3=CC(=O)C=CC32)c(C(=O)O)c1)C(=O)NC[C@@H](NC(=O)[C@@H]1CCCN1S(=O)(=O)c1ccccc1)C(=O)O. The highest BCUT2D eigenvalue weighted by Gasteiger charge is 2.41. The number of carbonyl (C=O) groups is 6. The first-order valence-corrected chi connectivity index (χ1v) is 24.4. The lowest BCUT2D eigenvalue weighted by atomic mass is 9.74. The van der Waals surface area contributed by atoms with Gasteiger partial charge in [-0.3, -0.25) is 24.2 Å². The number of phenols is 1. The Morgan fingerprint density at radius 2 is 1.67 bits per heavy atom. The summed E-state index contributed by atoms with van der Waals surface area (Å²) in [5, 5.41) is 44.3. The molecule has 372 valence electrons. The number of carboxylic acid groups (broad SMARTS) is 2. The summed E-state index contributed by atoms with van der Waals surface area (Å²) in [5.74, 6) is -5.56. The van der Waals surface area contributed by atoms with Crippen molar-refractivity contribution < 1.29 is 57.2 Å². The maximum Gasteiger partial charge on any atom is 0.336 e. The van der Waals surface area contributed by atoms with Gasteiger partial charge in [0.1, 0.15) is 35.4 Å². The number of amides is 3. The van der Waals surface area contributed by atoms with Gasteiger partial charge in [0.2, 0.25) is 27.7 Å². The molecule has 3 amide bonds. The Bertz CT molecular complexity index is 2690. The number of aliphatic carboxylic acids is 1. The molecule has 1 fully saturated rings. The molecule has 12 N–H and O–H groups in total. The maximum absolute atomic E-state index is 13.6. The highest BCUT2D eigenvalue weighted by atomic mass is 32.2. The summed E-state index contributed by atoms with van der Waals surface area (Å²) in [5.41, 5.74) is 12.1. The van der Waals surface area contributed by atoms with Crippen LogP contribution in [0.25, 0.3) is 0 Å². The summed E-state index contributed by atoms with van der Waals surface area (Å²) in [6.07, 6.45) is 6.80. The molecule has 2 heterocycles. The zero-order chi connectivity index (χ0) is 50.5.